The van der Waals surface area contributed by atoms with Crippen LogP contribution < -0.4 is 5.32 Å². The number of carboxylic acids is 1. The van der Waals surface area contributed by atoms with E-state index < -0.39 is 11.4 Å². The Balaban J connectivity index is 2.22. The molecule has 5 heteroatoms. The van der Waals surface area contributed by atoms with Crippen molar-refractivity contribution in [1.82, 2.24) is 10.3 Å². The second-order valence-corrected chi connectivity index (χ2v) is 5.28. The van der Waals surface area contributed by atoms with Crippen LogP contribution in [-0.2, 0) is 4.79 Å². The van der Waals surface area contributed by atoms with Crippen LogP contribution in [-0.4, -0.2) is 28.5 Å². The Morgan fingerprint density at radius 3 is 2.67 bits per heavy atom. The smallest absolute Gasteiger partial charge is 0.311 e. The molecule has 0 aliphatic carbocycles. The summed E-state index contributed by atoms with van der Waals surface area (Å²) in [6.45, 7) is 3.48. The van der Waals surface area contributed by atoms with E-state index in [9.17, 15) is 14.7 Å². The molecular weight excluding hydrogens is 268 g/mol. The molecule has 110 valence electrons. The van der Waals surface area contributed by atoms with Gasteiger partial charge in [0.2, 0.25) is 0 Å². The monoisotopic (exact) mass is 286 g/mol. The minimum atomic E-state index is -0.972. The van der Waals surface area contributed by atoms with Gasteiger partial charge in [0.05, 0.1) is 5.41 Å². The lowest BCUT2D eigenvalue weighted by atomic mass is 9.87. The molecule has 5 nitrogen and oxygen atoms in total. The highest BCUT2D eigenvalue weighted by Crippen LogP contribution is 2.21. The Morgan fingerprint density at radius 2 is 2.00 bits per heavy atom. The Morgan fingerprint density at radius 1 is 1.29 bits per heavy atom. The first-order valence-electron chi connectivity index (χ1n) is 6.83. The number of carbonyl (C=O) groups excluding carboxylic acids is 1. The van der Waals surface area contributed by atoms with Crippen molar-refractivity contribution in [3.63, 3.8) is 0 Å². The number of carboxylic acid groups (broad SMARTS) is 1. The molecule has 0 radical (unpaired) electrons. The van der Waals surface area contributed by atoms with E-state index in [4.69, 9.17) is 0 Å². The van der Waals surface area contributed by atoms with E-state index in [1.807, 2.05) is 30.3 Å². The Labute approximate surface area is 123 Å². The highest BCUT2D eigenvalue weighted by molar-refractivity contribution is 6.05. The Hall–Kier alpha value is -2.43. The molecule has 1 unspecified atom stereocenters. The number of carbonyl (C=O) groups is 2. The number of nitrogens with zero attached hydrogens (tertiary/aromatic N) is 1. The zero-order valence-corrected chi connectivity index (χ0v) is 12.1. The van der Waals surface area contributed by atoms with Crippen LogP contribution in [0, 0.1) is 5.41 Å². The van der Waals surface area contributed by atoms with Gasteiger partial charge in [-0.3, -0.25) is 14.6 Å². The summed E-state index contributed by atoms with van der Waals surface area (Å²) in [5.41, 5.74) is -0.655. The molecule has 0 fully saturated rings. The van der Waals surface area contributed by atoms with E-state index in [1.165, 1.54) is 0 Å². The summed E-state index contributed by atoms with van der Waals surface area (Å²) in [7, 11) is 0. The third-order valence-corrected chi connectivity index (χ3v) is 3.82. The summed E-state index contributed by atoms with van der Waals surface area (Å²) in [5, 5.41) is 13.6. The lowest BCUT2D eigenvalue weighted by molar-refractivity contribution is -0.147. The van der Waals surface area contributed by atoms with Crippen LogP contribution in [0.3, 0.4) is 0 Å². The molecule has 0 saturated heterocycles. The first-order valence-corrected chi connectivity index (χ1v) is 6.83. The molecular formula is C16H18N2O3. The van der Waals surface area contributed by atoms with E-state index >= 15 is 0 Å². The first kappa shape index (κ1) is 15.0. The van der Waals surface area contributed by atoms with Crippen LogP contribution in [0.1, 0.15) is 30.8 Å². The topological polar surface area (TPSA) is 79.3 Å². The molecule has 0 bridgehead atoms. The lowest BCUT2D eigenvalue weighted by Gasteiger charge is -2.23. The van der Waals surface area contributed by atoms with Gasteiger partial charge < -0.3 is 10.4 Å². The molecule has 1 aromatic carbocycles. The molecule has 2 aromatic rings. The van der Waals surface area contributed by atoms with Gasteiger partial charge in [-0.15, -0.1) is 0 Å². The van der Waals surface area contributed by atoms with Crippen molar-refractivity contribution in [2.24, 2.45) is 5.41 Å². The third-order valence-electron chi connectivity index (χ3n) is 3.82. The van der Waals surface area contributed by atoms with Crippen LogP contribution in [0.15, 0.2) is 36.5 Å². The molecule has 1 aromatic heterocycles. The predicted molar refractivity (Wildman–Crippen MR) is 80.1 cm³/mol. The largest absolute Gasteiger partial charge is 0.481 e. The van der Waals surface area contributed by atoms with Crippen LogP contribution in [0.2, 0.25) is 0 Å². The lowest BCUT2D eigenvalue weighted by Crippen LogP contribution is -2.40. The number of pyridine rings is 1. The van der Waals surface area contributed by atoms with Crippen LogP contribution in [0.5, 0.6) is 0 Å². The number of aliphatic carboxylic acids is 1. The molecule has 1 amide bonds. The molecule has 0 saturated carbocycles. The third kappa shape index (κ3) is 3.02. The minimum absolute atomic E-state index is 0.0720. The quantitative estimate of drug-likeness (QED) is 0.885. The van der Waals surface area contributed by atoms with Gasteiger partial charge in [-0.2, -0.15) is 0 Å². The molecule has 2 N–H and O–H groups in total. The van der Waals surface area contributed by atoms with Crippen LogP contribution in [0.4, 0.5) is 0 Å². The van der Waals surface area contributed by atoms with Crippen LogP contribution >= 0.6 is 0 Å². The average Bonchev–Trinajstić information content (AvgIpc) is 2.51. The highest BCUT2D eigenvalue weighted by Gasteiger charge is 2.31. The summed E-state index contributed by atoms with van der Waals surface area (Å²) < 4.78 is 0. The summed E-state index contributed by atoms with van der Waals surface area (Å²) in [6.07, 6.45) is 2.01. The van der Waals surface area contributed by atoms with E-state index in [2.05, 4.69) is 10.3 Å². The molecule has 21 heavy (non-hydrogen) atoms. The summed E-state index contributed by atoms with van der Waals surface area (Å²) >= 11 is 0. The van der Waals surface area contributed by atoms with Crippen molar-refractivity contribution in [3.8, 4) is 0 Å². The second kappa shape index (κ2) is 5.91. The fourth-order valence-electron chi connectivity index (χ4n) is 2.01. The van der Waals surface area contributed by atoms with Gasteiger partial charge in [-0.1, -0.05) is 31.2 Å². The van der Waals surface area contributed by atoms with Gasteiger partial charge >= 0.3 is 5.97 Å². The van der Waals surface area contributed by atoms with Crippen molar-refractivity contribution in [3.05, 3.63) is 42.2 Å². The number of fused-ring (bicyclic) bond motifs is 1. The fourth-order valence-corrected chi connectivity index (χ4v) is 2.01. The zero-order valence-electron chi connectivity index (χ0n) is 12.1. The molecule has 1 atom stereocenters. The number of aromatic nitrogens is 1. The number of hydrogen-bond acceptors (Lipinski definition) is 3. The highest BCUT2D eigenvalue weighted by atomic mass is 16.4. The molecule has 0 aliphatic heterocycles. The summed E-state index contributed by atoms with van der Waals surface area (Å²) in [6, 6.07) is 9.30. The van der Waals surface area contributed by atoms with Crippen molar-refractivity contribution in [2.75, 3.05) is 6.54 Å². The SMILES string of the molecule is CCC(C)(CNC(=O)c1nccc2ccccc12)C(=O)O. The van der Waals surface area contributed by atoms with E-state index in [1.54, 1.807) is 20.0 Å². The van der Waals surface area contributed by atoms with Gasteiger partial charge in [0, 0.05) is 18.1 Å². The van der Waals surface area contributed by atoms with E-state index in [0.717, 1.165) is 10.8 Å². The maximum atomic E-state index is 12.3. The van der Waals surface area contributed by atoms with Crippen molar-refractivity contribution < 1.29 is 14.7 Å². The van der Waals surface area contributed by atoms with Crippen LogP contribution in [0.25, 0.3) is 10.8 Å². The first-order chi connectivity index (χ1) is 9.98. The van der Waals surface area contributed by atoms with E-state index in [-0.39, 0.29) is 12.5 Å². The Bertz CT molecular complexity index is 679. The minimum Gasteiger partial charge on any atom is -0.481 e. The molecule has 2 rings (SSSR count). The maximum absolute atomic E-state index is 12.3. The normalized spacial score (nSPS) is 13.6. The van der Waals surface area contributed by atoms with Gasteiger partial charge in [-0.05, 0) is 24.8 Å². The van der Waals surface area contributed by atoms with Gasteiger partial charge in [-0.25, -0.2) is 0 Å². The van der Waals surface area contributed by atoms with E-state index in [0.29, 0.717) is 12.1 Å². The maximum Gasteiger partial charge on any atom is 0.311 e. The molecule has 0 spiro atoms. The van der Waals surface area contributed by atoms with Crippen molar-refractivity contribution in [2.45, 2.75) is 20.3 Å². The number of benzene rings is 1. The Kier molecular flexibility index (Phi) is 4.21. The number of rotatable bonds is 5. The predicted octanol–water partition coefficient (Wildman–Crippen LogP) is 2.47. The summed E-state index contributed by atoms with van der Waals surface area (Å²) in [5.74, 6) is -1.27. The number of hydrogen-bond donors (Lipinski definition) is 2. The molecule has 1 heterocycles. The summed E-state index contributed by atoms with van der Waals surface area (Å²) in [4.78, 5) is 27.6. The van der Waals surface area contributed by atoms with Gasteiger partial charge in [0.25, 0.3) is 5.91 Å². The van der Waals surface area contributed by atoms with Crippen molar-refractivity contribution >= 4 is 22.6 Å². The zero-order chi connectivity index (χ0) is 15.5. The number of nitrogens with one attached hydrogen (secondary N) is 1. The van der Waals surface area contributed by atoms with Gasteiger partial charge in [0.15, 0.2) is 0 Å². The standard InChI is InChI=1S/C16H18N2O3/c1-3-16(2,15(20)21)10-18-14(19)13-12-7-5-4-6-11(12)8-9-17-13/h4-9H,3,10H2,1-2H3,(H,18,19)(H,20,21). The fraction of sp³-hybridized carbons (Fsp3) is 0.312. The van der Waals surface area contributed by atoms with Crippen molar-refractivity contribution in [1.29, 1.82) is 0 Å². The molecule has 0 aliphatic rings. The van der Waals surface area contributed by atoms with Gasteiger partial charge in [0.1, 0.15) is 5.69 Å². The number of amides is 1. The second-order valence-electron chi connectivity index (χ2n) is 5.28. The average molecular weight is 286 g/mol.